The number of hydrogen-bond acceptors (Lipinski definition) is 5. The summed E-state index contributed by atoms with van der Waals surface area (Å²) in [5.41, 5.74) is 2.98. The molecule has 1 fully saturated rings. The summed E-state index contributed by atoms with van der Waals surface area (Å²) >= 11 is 6.22. The predicted molar refractivity (Wildman–Crippen MR) is 136 cm³/mol. The van der Waals surface area contributed by atoms with Crippen LogP contribution in [0.4, 0.5) is 5.69 Å². The molecule has 0 amide bonds. The van der Waals surface area contributed by atoms with Crippen molar-refractivity contribution in [3.05, 3.63) is 41.4 Å². The number of pyridine rings is 1. The van der Waals surface area contributed by atoms with E-state index in [4.69, 9.17) is 26.4 Å². The first kappa shape index (κ1) is 24.6. The van der Waals surface area contributed by atoms with Crippen molar-refractivity contribution in [1.29, 1.82) is 0 Å². The fraction of sp³-hybridized carbons (Fsp3) is 0.500. The van der Waals surface area contributed by atoms with Crippen LogP contribution in [0.25, 0.3) is 21.8 Å². The number of aromatic nitrogens is 1. The first-order valence-electron chi connectivity index (χ1n) is 11.7. The number of hydrogen-bond donors (Lipinski definition) is 2. The zero-order valence-corrected chi connectivity index (χ0v) is 20.3. The van der Waals surface area contributed by atoms with Crippen LogP contribution in [0.5, 0.6) is 5.75 Å². The molecule has 0 bridgehead atoms. The van der Waals surface area contributed by atoms with Gasteiger partial charge in [0.05, 0.1) is 23.8 Å². The molecule has 0 saturated carbocycles. The van der Waals surface area contributed by atoms with Crippen molar-refractivity contribution >= 4 is 39.1 Å². The highest BCUT2D eigenvalue weighted by Gasteiger charge is 2.16. The van der Waals surface area contributed by atoms with Gasteiger partial charge in [-0.15, -0.1) is 0 Å². The number of rotatable bonds is 7. The third-order valence-electron chi connectivity index (χ3n) is 6.06. The molecule has 1 aliphatic rings. The van der Waals surface area contributed by atoms with E-state index in [0.29, 0.717) is 11.1 Å². The SMILES string of the molecule is CCO.COc1ccc2nc3cc(Cl)ccc3c(NCCCC(C)N3CCCCC3)c2c1. The zero-order valence-electron chi connectivity index (χ0n) is 19.5. The van der Waals surface area contributed by atoms with E-state index in [1.807, 2.05) is 24.3 Å². The maximum Gasteiger partial charge on any atom is 0.119 e. The summed E-state index contributed by atoms with van der Waals surface area (Å²) < 4.78 is 5.45. The number of piperidine rings is 1. The van der Waals surface area contributed by atoms with E-state index in [-0.39, 0.29) is 6.61 Å². The van der Waals surface area contributed by atoms with E-state index in [2.05, 4.69) is 29.3 Å². The average molecular weight is 458 g/mol. The molecule has 5 nitrogen and oxygen atoms in total. The average Bonchev–Trinajstić information content (AvgIpc) is 2.81. The number of halogens is 1. The summed E-state index contributed by atoms with van der Waals surface area (Å²) in [4.78, 5) is 7.45. The smallest absolute Gasteiger partial charge is 0.119 e. The number of ether oxygens (including phenoxy) is 1. The Labute approximate surface area is 196 Å². The highest BCUT2D eigenvalue weighted by Crippen LogP contribution is 2.34. The van der Waals surface area contributed by atoms with Crippen molar-refractivity contribution in [2.45, 2.75) is 52.0 Å². The second-order valence-corrected chi connectivity index (χ2v) is 8.80. The van der Waals surface area contributed by atoms with Crippen LogP contribution in [-0.4, -0.2) is 54.4 Å². The lowest BCUT2D eigenvalue weighted by Crippen LogP contribution is -2.37. The highest BCUT2D eigenvalue weighted by atomic mass is 35.5. The summed E-state index contributed by atoms with van der Waals surface area (Å²) in [5, 5.41) is 14.2. The first-order chi connectivity index (χ1) is 15.6. The molecule has 3 aromatic rings. The molecule has 1 saturated heterocycles. The number of aliphatic hydroxyl groups excluding tert-OH is 1. The summed E-state index contributed by atoms with van der Waals surface area (Å²) in [6.45, 7) is 7.76. The van der Waals surface area contributed by atoms with Gasteiger partial charge in [-0.1, -0.05) is 18.0 Å². The molecule has 0 aliphatic carbocycles. The second kappa shape index (κ2) is 12.2. The summed E-state index contributed by atoms with van der Waals surface area (Å²) in [5.74, 6) is 0.842. The molecule has 1 unspecified atom stereocenters. The third-order valence-corrected chi connectivity index (χ3v) is 6.29. The third kappa shape index (κ3) is 6.25. The number of nitrogens with zero attached hydrogens (tertiary/aromatic N) is 2. The molecule has 174 valence electrons. The molecule has 1 aliphatic heterocycles. The summed E-state index contributed by atoms with van der Waals surface area (Å²) in [7, 11) is 1.70. The molecule has 2 N–H and O–H groups in total. The van der Waals surface area contributed by atoms with E-state index in [0.717, 1.165) is 46.2 Å². The van der Waals surface area contributed by atoms with Gasteiger partial charge in [0.15, 0.2) is 0 Å². The standard InChI is InChI=1S/C24H30ClN3O.C2H6O/c1-17(28-13-4-3-5-14-28)7-6-12-26-24-20-10-8-18(25)15-23(20)27-22-11-9-19(29-2)16-21(22)24;1-2-3/h8-11,15-17H,3-7,12-14H2,1-2H3,(H,26,27);3H,2H2,1H3. The molecule has 1 aromatic heterocycles. The molecular formula is C26H36ClN3O2. The Balaban J connectivity index is 0.000000913. The minimum atomic E-state index is 0.250. The van der Waals surface area contributed by atoms with Crippen LogP contribution in [0.2, 0.25) is 5.02 Å². The second-order valence-electron chi connectivity index (χ2n) is 8.36. The number of likely N-dealkylation sites (tertiary alicyclic amines) is 1. The van der Waals surface area contributed by atoms with Crippen LogP contribution in [0.3, 0.4) is 0 Å². The van der Waals surface area contributed by atoms with Gasteiger partial charge in [-0.3, -0.25) is 0 Å². The molecular weight excluding hydrogens is 422 g/mol. The zero-order chi connectivity index (χ0) is 22.9. The molecule has 0 radical (unpaired) electrons. The van der Waals surface area contributed by atoms with Crippen LogP contribution in [0.1, 0.15) is 46.0 Å². The van der Waals surface area contributed by atoms with Crippen molar-refractivity contribution in [2.75, 3.05) is 38.7 Å². The van der Waals surface area contributed by atoms with E-state index in [1.165, 1.54) is 38.8 Å². The van der Waals surface area contributed by atoms with Gasteiger partial charge >= 0.3 is 0 Å². The van der Waals surface area contributed by atoms with Gasteiger partial charge in [0.25, 0.3) is 0 Å². The monoisotopic (exact) mass is 457 g/mol. The lowest BCUT2D eigenvalue weighted by Gasteiger charge is -2.32. The van der Waals surface area contributed by atoms with Gasteiger partial charge in [-0.05, 0) is 89.0 Å². The molecule has 2 aromatic carbocycles. The molecule has 2 heterocycles. The van der Waals surface area contributed by atoms with E-state index in [9.17, 15) is 0 Å². The normalized spacial score (nSPS) is 15.3. The minimum Gasteiger partial charge on any atom is -0.497 e. The summed E-state index contributed by atoms with van der Waals surface area (Å²) in [6, 6.07) is 12.6. The fourth-order valence-electron chi connectivity index (χ4n) is 4.37. The van der Waals surface area contributed by atoms with Crippen LogP contribution in [0.15, 0.2) is 36.4 Å². The lowest BCUT2D eigenvalue weighted by atomic mass is 10.1. The Morgan fingerprint density at radius 1 is 1.09 bits per heavy atom. The van der Waals surface area contributed by atoms with Gasteiger partial charge < -0.3 is 20.1 Å². The van der Waals surface area contributed by atoms with E-state index in [1.54, 1.807) is 14.0 Å². The quantitative estimate of drug-likeness (QED) is 0.331. The number of nitrogens with one attached hydrogen (secondary N) is 1. The van der Waals surface area contributed by atoms with Gasteiger partial charge in [-0.2, -0.15) is 0 Å². The Kier molecular flexibility index (Phi) is 9.39. The van der Waals surface area contributed by atoms with E-state index < -0.39 is 0 Å². The Hall–Kier alpha value is -2.08. The Morgan fingerprint density at radius 2 is 1.84 bits per heavy atom. The number of fused-ring (bicyclic) bond motifs is 2. The first-order valence-corrected chi connectivity index (χ1v) is 12.1. The largest absolute Gasteiger partial charge is 0.497 e. The number of benzene rings is 2. The number of methoxy groups -OCH3 is 1. The van der Waals surface area contributed by atoms with Crippen molar-refractivity contribution < 1.29 is 9.84 Å². The number of aliphatic hydroxyl groups is 1. The van der Waals surface area contributed by atoms with Crippen LogP contribution < -0.4 is 10.1 Å². The van der Waals surface area contributed by atoms with Crippen molar-refractivity contribution in [1.82, 2.24) is 9.88 Å². The molecule has 6 heteroatoms. The Bertz CT molecular complexity index is 1010. The lowest BCUT2D eigenvalue weighted by molar-refractivity contribution is 0.165. The highest BCUT2D eigenvalue weighted by molar-refractivity contribution is 6.31. The van der Waals surface area contributed by atoms with Gasteiger partial charge in [0, 0.05) is 35.0 Å². The molecule has 1 atom stereocenters. The Morgan fingerprint density at radius 3 is 2.56 bits per heavy atom. The minimum absolute atomic E-state index is 0.250. The van der Waals surface area contributed by atoms with E-state index >= 15 is 0 Å². The van der Waals surface area contributed by atoms with Crippen molar-refractivity contribution in [3.63, 3.8) is 0 Å². The maximum absolute atomic E-state index is 7.57. The van der Waals surface area contributed by atoms with Crippen LogP contribution >= 0.6 is 11.6 Å². The van der Waals surface area contributed by atoms with Gasteiger partial charge in [0.1, 0.15) is 5.75 Å². The predicted octanol–water partition coefficient (Wildman–Crippen LogP) is 6.12. The molecule has 4 rings (SSSR count). The topological polar surface area (TPSA) is 57.6 Å². The van der Waals surface area contributed by atoms with Gasteiger partial charge in [-0.25, -0.2) is 4.98 Å². The fourth-order valence-corrected chi connectivity index (χ4v) is 4.53. The van der Waals surface area contributed by atoms with Crippen LogP contribution in [-0.2, 0) is 0 Å². The maximum atomic E-state index is 7.57. The molecule has 0 spiro atoms. The van der Waals surface area contributed by atoms with Crippen molar-refractivity contribution in [3.8, 4) is 5.75 Å². The van der Waals surface area contributed by atoms with Gasteiger partial charge in [0.2, 0.25) is 0 Å². The van der Waals surface area contributed by atoms with Crippen molar-refractivity contribution in [2.24, 2.45) is 0 Å². The molecule has 32 heavy (non-hydrogen) atoms. The number of anilines is 1. The summed E-state index contributed by atoms with van der Waals surface area (Å²) in [6.07, 6.45) is 6.44. The van der Waals surface area contributed by atoms with Crippen LogP contribution in [0, 0.1) is 0 Å².